The summed E-state index contributed by atoms with van der Waals surface area (Å²) in [6.45, 7) is 0.635. The highest BCUT2D eigenvalue weighted by atomic mass is 16.5. The number of hydrogen-bond donors (Lipinski definition) is 3. The molecule has 3 rings (SSSR count). The van der Waals surface area contributed by atoms with Crippen LogP contribution in [0, 0.1) is 0 Å². The minimum absolute atomic E-state index is 0.168. The third kappa shape index (κ3) is 3.40. The summed E-state index contributed by atoms with van der Waals surface area (Å²) in [5, 5.41) is 18.7. The summed E-state index contributed by atoms with van der Waals surface area (Å²) in [4.78, 5) is 23.4. The van der Waals surface area contributed by atoms with Crippen molar-refractivity contribution in [3.63, 3.8) is 0 Å². The third-order valence-electron chi connectivity index (χ3n) is 3.86. The normalized spacial score (nSPS) is 20.3. The molecule has 0 radical (unpaired) electrons. The average Bonchev–Trinajstić information content (AvgIpc) is 3.17. The van der Waals surface area contributed by atoms with Crippen molar-refractivity contribution in [1.82, 2.24) is 15.5 Å². The zero-order chi connectivity index (χ0) is 16.3. The molecular formula is C16H17N3O4. The summed E-state index contributed by atoms with van der Waals surface area (Å²) in [5.41, 5.74) is 0.986. The third-order valence-corrected chi connectivity index (χ3v) is 3.86. The smallest absolute Gasteiger partial charge is 0.305 e. The highest BCUT2D eigenvalue weighted by molar-refractivity contribution is 5.94. The predicted molar refractivity (Wildman–Crippen MR) is 81.9 cm³/mol. The number of carboxylic acid groups (broad SMARTS) is 1. The van der Waals surface area contributed by atoms with Crippen LogP contribution in [0.25, 0.3) is 11.3 Å². The number of amides is 1. The van der Waals surface area contributed by atoms with Crippen LogP contribution in [0.5, 0.6) is 0 Å². The fourth-order valence-corrected chi connectivity index (χ4v) is 2.68. The van der Waals surface area contributed by atoms with Gasteiger partial charge in [0, 0.05) is 12.2 Å². The molecule has 23 heavy (non-hydrogen) atoms. The van der Waals surface area contributed by atoms with Crippen molar-refractivity contribution in [2.75, 3.05) is 13.2 Å². The Hall–Kier alpha value is -2.67. The molecule has 1 aromatic carbocycles. The Balaban J connectivity index is 1.76. The second-order valence-corrected chi connectivity index (χ2v) is 5.64. The van der Waals surface area contributed by atoms with Gasteiger partial charge < -0.3 is 15.2 Å². The number of aliphatic carboxylic acids is 1. The van der Waals surface area contributed by atoms with E-state index in [4.69, 9.17) is 9.84 Å². The molecule has 7 heteroatoms. The summed E-state index contributed by atoms with van der Waals surface area (Å²) in [7, 11) is 0. The van der Waals surface area contributed by atoms with Gasteiger partial charge in [-0.05, 0) is 12.5 Å². The van der Waals surface area contributed by atoms with Gasteiger partial charge in [0.25, 0.3) is 5.91 Å². The van der Waals surface area contributed by atoms with E-state index in [0.29, 0.717) is 24.4 Å². The number of hydrogen-bond acceptors (Lipinski definition) is 4. The number of ether oxygens (including phenoxy) is 1. The molecule has 2 aromatic rings. The number of carbonyl (C=O) groups excluding carboxylic acids is 1. The lowest BCUT2D eigenvalue weighted by Crippen LogP contribution is -2.50. The van der Waals surface area contributed by atoms with Crippen molar-refractivity contribution in [3.05, 3.63) is 42.1 Å². The number of aromatic nitrogens is 2. The Kier molecular flexibility index (Phi) is 4.12. The summed E-state index contributed by atoms with van der Waals surface area (Å²) in [6.07, 6.45) is 0.309. The highest BCUT2D eigenvalue weighted by Gasteiger charge is 2.39. The van der Waals surface area contributed by atoms with E-state index in [-0.39, 0.29) is 18.9 Å². The average molecular weight is 315 g/mol. The van der Waals surface area contributed by atoms with Crippen molar-refractivity contribution in [1.29, 1.82) is 0 Å². The van der Waals surface area contributed by atoms with Gasteiger partial charge in [0.15, 0.2) is 0 Å². The lowest BCUT2D eigenvalue weighted by atomic mass is 9.94. The summed E-state index contributed by atoms with van der Waals surface area (Å²) in [6, 6.07) is 11.1. The van der Waals surface area contributed by atoms with Gasteiger partial charge in [0.05, 0.1) is 24.3 Å². The molecule has 1 saturated heterocycles. The van der Waals surface area contributed by atoms with Crippen molar-refractivity contribution >= 4 is 11.9 Å². The van der Waals surface area contributed by atoms with Crippen molar-refractivity contribution < 1.29 is 19.4 Å². The summed E-state index contributed by atoms with van der Waals surface area (Å²) in [5.74, 6) is -1.35. The molecule has 0 aliphatic carbocycles. The van der Waals surface area contributed by atoms with Crippen molar-refractivity contribution in [3.8, 4) is 11.3 Å². The van der Waals surface area contributed by atoms with E-state index >= 15 is 0 Å². The first-order valence-corrected chi connectivity index (χ1v) is 7.31. The number of rotatable bonds is 5. The maximum Gasteiger partial charge on any atom is 0.305 e. The molecule has 0 bridgehead atoms. The number of nitrogens with zero attached hydrogens (tertiary/aromatic N) is 1. The van der Waals surface area contributed by atoms with E-state index < -0.39 is 11.5 Å². The first-order chi connectivity index (χ1) is 11.1. The van der Waals surface area contributed by atoms with Crippen LogP contribution in [0.1, 0.15) is 23.3 Å². The van der Waals surface area contributed by atoms with E-state index in [0.717, 1.165) is 5.56 Å². The summed E-state index contributed by atoms with van der Waals surface area (Å²) < 4.78 is 5.27. The van der Waals surface area contributed by atoms with Crippen LogP contribution in [0.3, 0.4) is 0 Å². The highest BCUT2D eigenvalue weighted by Crippen LogP contribution is 2.24. The first kappa shape index (κ1) is 15.2. The van der Waals surface area contributed by atoms with Gasteiger partial charge in [-0.3, -0.25) is 14.7 Å². The second kappa shape index (κ2) is 6.21. The van der Waals surface area contributed by atoms with E-state index in [1.165, 1.54) is 0 Å². The van der Waals surface area contributed by atoms with Crippen LogP contribution in [-0.2, 0) is 9.53 Å². The number of carbonyl (C=O) groups is 2. The molecule has 1 unspecified atom stereocenters. The van der Waals surface area contributed by atoms with Gasteiger partial charge in [0.1, 0.15) is 5.69 Å². The van der Waals surface area contributed by atoms with Crippen molar-refractivity contribution in [2.24, 2.45) is 0 Å². The van der Waals surface area contributed by atoms with Gasteiger partial charge in [-0.15, -0.1) is 0 Å². The first-order valence-electron chi connectivity index (χ1n) is 7.31. The van der Waals surface area contributed by atoms with E-state index in [1.54, 1.807) is 6.07 Å². The van der Waals surface area contributed by atoms with Gasteiger partial charge in [0.2, 0.25) is 0 Å². The SMILES string of the molecule is O=C(O)CC1(NC(=O)c2cc(-c3ccccc3)n[nH]2)CCOC1. The summed E-state index contributed by atoms with van der Waals surface area (Å²) >= 11 is 0. The minimum Gasteiger partial charge on any atom is -0.481 e. The molecule has 1 atom stereocenters. The molecule has 0 saturated carbocycles. The van der Waals surface area contributed by atoms with E-state index in [1.807, 2.05) is 30.3 Å². The van der Waals surface area contributed by atoms with Crippen LogP contribution in [0.4, 0.5) is 0 Å². The Morgan fingerprint density at radius 2 is 2.13 bits per heavy atom. The van der Waals surface area contributed by atoms with Crippen LogP contribution in [0.15, 0.2) is 36.4 Å². The zero-order valence-electron chi connectivity index (χ0n) is 12.4. The number of benzene rings is 1. The number of H-pyrrole nitrogens is 1. The minimum atomic E-state index is -0.967. The van der Waals surface area contributed by atoms with Gasteiger partial charge in [-0.1, -0.05) is 30.3 Å². The molecule has 2 heterocycles. The lowest BCUT2D eigenvalue weighted by Gasteiger charge is -2.26. The van der Waals surface area contributed by atoms with Crippen molar-refractivity contribution in [2.45, 2.75) is 18.4 Å². The van der Waals surface area contributed by atoms with Crippen LogP contribution in [0.2, 0.25) is 0 Å². The molecule has 120 valence electrons. The van der Waals surface area contributed by atoms with Gasteiger partial charge >= 0.3 is 5.97 Å². The maximum absolute atomic E-state index is 12.4. The lowest BCUT2D eigenvalue weighted by molar-refractivity contribution is -0.138. The van der Waals surface area contributed by atoms with E-state index in [2.05, 4.69) is 15.5 Å². The van der Waals surface area contributed by atoms with E-state index in [9.17, 15) is 9.59 Å². The fraction of sp³-hybridized carbons (Fsp3) is 0.312. The van der Waals surface area contributed by atoms with Gasteiger partial charge in [-0.25, -0.2) is 0 Å². The Labute approximate surface area is 132 Å². The molecule has 1 aliphatic heterocycles. The molecule has 1 amide bonds. The Bertz CT molecular complexity index is 705. The predicted octanol–water partition coefficient (Wildman–Crippen LogP) is 1.44. The van der Waals surface area contributed by atoms with Crippen LogP contribution in [-0.4, -0.2) is 45.9 Å². The second-order valence-electron chi connectivity index (χ2n) is 5.64. The molecule has 1 aliphatic rings. The fourth-order valence-electron chi connectivity index (χ4n) is 2.68. The number of nitrogens with one attached hydrogen (secondary N) is 2. The monoisotopic (exact) mass is 315 g/mol. The quantitative estimate of drug-likeness (QED) is 0.774. The molecular weight excluding hydrogens is 298 g/mol. The standard InChI is InChI=1S/C16H17N3O4/c20-14(21)9-16(6-7-23-10-16)17-15(22)13-8-12(18-19-13)11-4-2-1-3-5-11/h1-5,8H,6-7,9-10H2,(H,17,22)(H,18,19)(H,20,21). The molecule has 7 nitrogen and oxygen atoms in total. The maximum atomic E-state index is 12.4. The topological polar surface area (TPSA) is 104 Å². The zero-order valence-corrected chi connectivity index (χ0v) is 12.4. The number of carboxylic acids is 1. The van der Waals surface area contributed by atoms with Crippen LogP contribution >= 0.6 is 0 Å². The Morgan fingerprint density at radius 1 is 1.35 bits per heavy atom. The molecule has 0 spiro atoms. The number of aromatic amines is 1. The Morgan fingerprint density at radius 3 is 2.78 bits per heavy atom. The molecule has 3 N–H and O–H groups in total. The largest absolute Gasteiger partial charge is 0.481 e. The van der Waals surface area contributed by atoms with Crippen LogP contribution < -0.4 is 5.32 Å². The molecule has 1 fully saturated rings. The molecule has 1 aromatic heterocycles. The van der Waals surface area contributed by atoms with Gasteiger partial charge in [-0.2, -0.15) is 5.10 Å².